The van der Waals surface area contributed by atoms with Crippen LogP contribution in [0.2, 0.25) is 0 Å². The summed E-state index contributed by atoms with van der Waals surface area (Å²) in [5.74, 6) is -0.492. The number of phosphoric acid groups is 1. The van der Waals surface area contributed by atoms with E-state index in [4.69, 9.17) is 18.5 Å². The average Bonchev–Trinajstić information content (AvgIpc) is 3.28. The van der Waals surface area contributed by atoms with Crippen LogP contribution in [0, 0.1) is 0 Å². The van der Waals surface area contributed by atoms with Crippen LogP contribution in [-0.2, 0) is 27.9 Å². The maximum atomic E-state index is 12.8. The van der Waals surface area contributed by atoms with Gasteiger partial charge in [-0.2, -0.15) is 0 Å². The van der Waals surface area contributed by atoms with Gasteiger partial charge >= 0.3 is 13.8 Å². The van der Waals surface area contributed by atoms with Crippen molar-refractivity contribution in [2.45, 2.75) is 249 Å². The van der Waals surface area contributed by atoms with Crippen molar-refractivity contribution >= 4 is 13.8 Å². The van der Waals surface area contributed by atoms with E-state index in [0.29, 0.717) is 13.0 Å². The highest BCUT2D eigenvalue weighted by atomic mass is 31.2. The van der Waals surface area contributed by atoms with Gasteiger partial charge in [0.1, 0.15) is 42.7 Å². The first-order valence-electron chi connectivity index (χ1n) is 25.5. The summed E-state index contributed by atoms with van der Waals surface area (Å²) in [4.78, 5) is 23.2. The minimum atomic E-state index is -5.02. The predicted molar refractivity (Wildman–Crippen MR) is 258 cm³/mol. The van der Waals surface area contributed by atoms with Crippen molar-refractivity contribution in [1.82, 2.24) is 0 Å². The highest BCUT2D eigenvalue weighted by Gasteiger charge is 2.51. The third-order valence-electron chi connectivity index (χ3n) is 11.7. The molecule has 0 aromatic rings. The Morgan fingerprint density at radius 1 is 0.500 bits per heavy atom. The molecular formula is C51H93O12P. The van der Waals surface area contributed by atoms with Crippen LogP contribution < -0.4 is 0 Å². The summed E-state index contributed by atoms with van der Waals surface area (Å²) in [7, 11) is -5.02. The summed E-state index contributed by atoms with van der Waals surface area (Å²) >= 11 is 0. The number of aliphatic hydroxyl groups excluding tert-OH is 5. The molecule has 1 fully saturated rings. The molecule has 0 radical (unpaired) electrons. The third-order valence-corrected chi connectivity index (χ3v) is 12.6. The zero-order valence-electron chi connectivity index (χ0n) is 40.1. The van der Waals surface area contributed by atoms with Crippen molar-refractivity contribution in [3.63, 3.8) is 0 Å². The SMILES string of the molecule is CCC/C=C\C/C=C\CCCCCCCC(=O)OC(COCCCCCCCCCCCCCC/C=C\C/C=C\CCCCCCC)COP(=O)(O)OC1C(O)C(O)C(O)C(O)C1O. The van der Waals surface area contributed by atoms with Crippen LogP contribution in [-0.4, -0.2) is 98.9 Å². The second-order valence-corrected chi connectivity index (χ2v) is 19.1. The number of carbonyl (C=O) groups is 1. The molecule has 374 valence electrons. The summed E-state index contributed by atoms with van der Waals surface area (Å²) in [6, 6.07) is 0. The molecule has 0 saturated heterocycles. The number of rotatable bonds is 43. The number of phosphoric ester groups is 1. The van der Waals surface area contributed by atoms with Gasteiger partial charge in [-0.05, 0) is 70.6 Å². The van der Waals surface area contributed by atoms with Crippen molar-refractivity contribution in [2.24, 2.45) is 0 Å². The van der Waals surface area contributed by atoms with Gasteiger partial charge < -0.3 is 39.9 Å². The largest absolute Gasteiger partial charge is 0.472 e. The molecule has 0 bridgehead atoms. The number of hydrogen-bond acceptors (Lipinski definition) is 11. The van der Waals surface area contributed by atoms with Crippen LogP contribution in [0.3, 0.4) is 0 Å². The van der Waals surface area contributed by atoms with Crippen LogP contribution in [0.4, 0.5) is 0 Å². The highest BCUT2D eigenvalue weighted by molar-refractivity contribution is 7.47. The molecular weight excluding hydrogens is 836 g/mol. The summed E-state index contributed by atoms with van der Waals surface area (Å²) in [5.41, 5.74) is 0. The number of ether oxygens (including phenoxy) is 2. The fourth-order valence-electron chi connectivity index (χ4n) is 7.60. The maximum absolute atomic E-state index is 12.8. The van der Waals surface area contributed by atoms with Crippen molar-refractivity contribution in [2.75, 3.05) is 19.8 Å². The molecule has 0 aliphatic heterocycles. The molecule has 1 saturated carbocycles. The molecule has 0 heterocycles. The van der Waals surface area contributed by atoms with E-state index in [0.717, 1.165) is 77.0 Å². The second kappa shape index (κ2) is 41.5. The van der Waals surface area contributed by atoms with Crippen molar-refractivity contribution in [3.8, 4) is 0 Å². The van der Waals surface area contributed by atoms with Crippen molar-refractivity contribution < 1.29 is 58.3 Å². The zero-order chi connectivity index (χ0) is 46.9. The lowest BCUT2D eigenvalue weighted by molar-refractivity contribution is -0.220. The number of esters is 1. The van der Waals surface area contributed by atoms with Gasteiger partial charge in [0.05, 0.1) is 13.2 Å². The van der Waals surface area contributed by atoms with Crippen LogP contribution in [0.1, 0.15) is 206 Å². The van der Waals surface area contributed by atoms with E-state index in [2.05, 4.69) is 62.5 Å². The zero-order valence-corrected chi connectivity index (χ0v) is 41.0. The Morgan fingerprint density at radius 3 is 1.38 bits per heavy atom. The Hall–Kier alpha value is -1.70. The topological polar surface area (TPSA) is 192 Å². The lowest BCUT2D eigenvalue weighted by Crippen LogP contribution is -2.64. The van der Waals surface area contributed by atoms with Crippen molar-refractivity contribution in [1.29, 1.82) is 0 Å². The lowest BCUT2D eigenvalue weighted by atomic mass is 9.85. The van der Waals surface area contributed by atoms with Gasteiger partial charge in [-0.15, -0.1) is 0 Å². The molecule has 1 aliphatic rings. The van der Waals surface area contributed by atoms with Gasteiger partial charge in [-0.3, -0.25) is 13.8 Å². The van der Waals surface area contributed by atoms with E-state index in [1.165, 1.54) is 103 Å². The van der Waals surface area contributed by atoms with Gasteiger partial charge in [0.15, 0.2) is 0 Å². The molecule has 0 aromatic heterocycles. The third kappa shape index (κ3) is 32.9. The standard InChI is InChI=1S/C51H93O12P/c1-3-5-7-9-11-13-15-17-18-19-20-21-22-23-24-25-26-27-29-31-33-35-37-39-41-60-42-44(43-61-64(58,59)63-51-49(56)47(54)46(53)48(55)50(51)57)62-45(52)40-38-36-34-32-30-28-16-14-12-10-8-6-4-2/h8,10,14-17,19-20,44,46-51,53-57H,3-7,9,11-13,18,21-43H2,1-2H3,(H,58,59)/b10-8-,16-14-,17-15-,20-19-. The summed E-state index contributed by atoms with van der Waals surface area (Å²) in [6.07, 6.45) is 39.0. The first-order valence-corrected chi connectivity index (χ1v) is 27.0. The summed E-state index contributed by atoms with van der Waals surface area (Å²) in [5, 5.41) is 50.2. The summed E-state index contributed by atoms with van der Waals surface area (Å²) < 4.78 is 34.2. The second-order valence-electron chi connectivity index (χ2n) is 17.7. The number of allylic oxidation sites excluding steroid dienone is 8. The van der Waals surface area contributed by atoms with Gasteiger partial charge in [-0.1, -0.05) is 178 Å². The van der Waals surface area contributed by atoms with Gasteiger partial charge in [-0.25, -0.2) is 4.57 Å². The average molecular weight is 929 g/mol. The Bertz CT molecular complexity index is 1240. The van der Waals surface area contributed by atoms with Gasteiger partial charge in [0.2, 0.25) is 0 Å². The number of carbonyl (C=O) groups excluding carboxylic acids is 1. The Labute approximate surface area is 388 Å². The number of unbranched alkanes of at least 4 members (excludes halogenated alkanes) is 23. The lowest BCUT2D eigenvalue weighted by Gasteiger charge is -2.41. The molecule has 12 nitrogen and oxygen atoms in total. The molecule has 1 rings (SSSR count). The van der Waals surface area contributed by atoms with Crippen LogP contribution in [0.5, 0.6) is 0 Å². The van der Waals surface area contributed by atoms with Crippen LogP contribution in [0.15, 0.2) is 48.6 Å². The first kappa shape index (κ1) is 60.3. The van der Waals surface area contributed by atoms with E-state index in [1.54, 1.807) is 0 Å². The normalized spacial score (nSPS) is 22.1. The van der Waals surface area contributed by atoms with E-state index in [9.17, 15) is 39.8 Å². The minimum absolute atomic E-state index is 0.0837. The quantitative estimate of drug-likeness (QED) is 0.0147. The summed E-state index contributed by atoms with van der Waals surface area (Å²) in [6.45, 7) is 4.17. The Morgan fingerprint density at radius 2 is 0.906 bits per heavy atom. The molecule has 6 unspecified atom stereocenters. The first-order chi connectivity index (χ1) is 31.0. The predicted octanol–water partition coefficient (Wildman–Crippen LogP) is 11.2. The molecule has 0 amide bonds. The van der Waals surface area contributed by atoms with E-state index >= 15 is 0 Å². The smallest absolute Gasteiger partial charge is 0.457 e. The van der Waals surface area contributed by atoms with Gasteiger partial charge in [0, 0.05) is 13.0 Å². The van der Waals surface area contributed by atoms with Gasteiger partial charge in [0.25, 0.3) is 0 Å². The fraction of sp³-hybridized carbons (Fsp3) is 0.824. The van der Waals surface area contributed by atoms with Crippen LogP contribution >= 0.6 is 7.82 Å². The van der Waals surface area contributed by atoms with Crippen molar-refractivity contribution in [3.05, 3.63) is 48.6 Å². The van der Waals surface area contributed by atoms with Crippen LogP contribution in [0.25, 0.3) is 0 Å². The van der Waals surface area contributed by atoms with E-state index < -0.39 is 63.1 Å². The molecule has 6 atom stereocenters. The van der Waals surface area contributed by atoms with E-state index in [1.807, 2.05) is 0 Å². The Balaban J connectivity index is 2.30. The number of aliphatic hydroxyl groups is 5. The molecule has 1 aliphatic carbocycles. The fourth-order valence-corrected chi connectivity index (χ4v) is 8.57. The molecule has 0 aromatic carbocycles. The molecule has 6 N–H and O–H groups in total. The Kier molecular flexibility index (Phi) is 39.1. The maximum Gasteiger partial charge on any atom is 0.472 e. The minimum Gasteiger partial charge on any atom is -0.457 e. The molecule has 13 heteroatoms. The van der Waals surface area contributed by atoms with E-state index in [-0.39, 0.29) is 13.0 Å². The molecule has 0 spiro atoms. The highest BCUT2D eigenvalue weighted by Crippen LogP contribution is 2.47. The number of hydrogen-bond donors (Lipinski definition) is 6. The monoisotopic (exact) mass is 929 g/mol. The molecule has 64 heavy (non-hydrogen) atoms.